The second-order valence-corrected chi connectivity index (χ2v) is 8.09. The van der Waals surface area contributed by atoms with Crippen molar-refractivity contribution in [1.82, 2.24) is 4.98 Å². The van der Waals surface area contributed by atoms with E-state index in [9.17, 15) is 0 Å². The van der Waals surface area contributed by atoms with Crippen molar-refractivity contribution >= 4 is 22.5 Å². The number of aromatic nitrogens is 1. The number of ether oxygens (including phenoxy) is 3. The number of hydrogen-bond acceptors (Lipinski definition) is 6. The van der Waals surface area contributed by atoms with Crippen molar-refractivity contribution in [3.05, 3.63) is 48.0 Å². The van der Waals surface area contributed by atoms with Crippen molar-refractivity contribution in [1.29, 1.82) is 0 Å². The molecular weight excluding hydrogens is 372 g/mol. The Balaban J connectivity index is 1.90. The molecule has 0 atom stereocenters. The van der Waals surface area contributed by atoms with Crippen LogP contribution in [0.2, 0.25) is 0 Å². The topological polar surface area (TPSA) is 66.6 Å². The maximum absolute atomic E-state index is 6.32. The molecule has 0 unspecified atom stereocenters. The van der Waals surface area contributed by atoms with Gasteiger partial charge in [0.05, 0.1) is 30.4 Å². The van der Waals surface area contributed by atoms with E-state index in [1.165, 1.54) is 11.3 Å². The zero-order valence-corrected chi connectivity index (χ0v) is 17.1. The van der Waals surface area contributed by atoms with Crippen LogP contribution in [0.4, 0.5) is 5.13 Å². The summed E-state index contributed by atoms with van der Waals surface area (Å²) in [5.74, 6) is 2.33. The van der Waals surface area contributed by atoms with Crippen molar-refractivity contribution < 1.29 is 14.2 Å². The quantitative estimate of drug-likeness (QED) is 0.654. The highest BCUT2D eigenvalue weighted by atomic mass is 32.1. The lowest BCUT2D eigenvalue weighted by Crippen LogP contribution is -2.28. The molecule has 0 amide bonds. The molecule has 1 aromatic heterocycles. The molecule has 0 fully saturated rings. The normalized spacial score (nSPS) is 14.3. The lowest BCUT2D eigenvalue weighted by molar-refractivity contribution is 0.159. The zero-order chi connectivity index (χ0) is 19.9. The van der Waals surface area contributed by atoms with Crippen molar-refractivity contribution in [3.8, 4) is 38.9 Å². The number of anilines is 1. The van der Waals surface area contributed by atoms with E-state index in [1.54, 1.807) is 14.2 Å². The molecule has 3 aromatic rings. The van der Waals surface area contributed by atoms with Crippen LogP contribution in [0.25, 0.3) is 27.8 Å². The number of nitrogens with zero attached hydrogens (tertiary/aromatic N) is 1. The van der Waals surface area contributed by atoms with Gasteiger partial charge in [-0.25, -0.2) is 4.98 Å². The maximum atomic E-state index is 6.32. The van der Waals surface area contributed by atoms with Crippen LogP contribution in [0.1, 0.15) is 19.4 Å². The summed E-state index contributed by atoms with van der Waals surface area (Å²) in [7, 11) is 3.31. The molecule has 6 heteroatoms. The van der Waals surface area contributed by atoms with Crippen LogP contribution in [-0.2, 0) is 0 Å². The molecule has 1 aliphatic heterocycles. The van der Waals surface area contributed by atoms with Gasteiger partial charge in [-0.2, -0.15) is 0 Å². The first-order valence-corrected chi connectivity index (χ1v) is 9.74. The standard InChI is InChI=1S/C22H22N2O3S/c1-22(2)12-11-15-17(26-4)10-9-16(19(15)27-22)18-20(28-21(23)24-18)13-5-7-14(25-3)8-6-13/h5-12H,1-4H3,(H2,23,24). The first-order valence-electron chi connectivity index (χ1n) is 8.92. The Labute approximate surface area is 168 Å². The molecule has 144 valence electrons. The van der Waals surface area contributed by atoms with Gasteiger partial charge in [0.15, 0.2) is 5.13 Å². The molecule has 5 nitrogen and oxygen atoms in total. The number of rotatable bonds is 4. The van der Waals surface area contributed by atoms with Gasteiger partial charge in [0.1, 0.15) is 22.8 Å². The molecule has 2 N–H and O–H groups in total. The van der Waals surface area contributed by atoms with Gasteiger partial charge in [-0.15, -0.1) is 0 Å². The van der Waals surface area contributed by atoms with E-state index in [0.717, 1.165) is 44.5 Å². The fourth-order valence-electron chi connectivity index (χ4n) is 3.25. The average Bonchev–Trinajstić information content (AvgIpc) is 3.07. The maximum Gasteiger partial charge on any atom is 0.181 e. The van der Waals surface area contributed by atoms with Gasteiger partial charge < -0.3 is 19.9 Å². The Bertz CT molecular complexity index is 1050. The highest BCUT2D eigenvalue weighted by molar-refractivity contribution is 7.19. The third-order valence-corrected chi connectivity index (χ3v) is 5.58. The van der Waals surface area contributed by atoms with Crippen LogP contribution in [0, 0.1) is 0 Å². The summed E-state index contributed by atoms with van der Waals surface area (Å²) < 4.78 is 17.1. The lowest BCUT2D eigenvalue weighted by atomic mass is 9.96. The van der Waals surface area contributed by atoms with Crippen LogP contribution in [0.3, 0.4) is 0 Å². The van der Waals surface area contributed by atoms with Gasteiger partial charge in [0.25, 0.3) is 0 Å². The number of nitrogen functional groups attached to an aromatic ring is 1. The number of hydrogen-bond donors (Lipinski definition) is 1. The van der Waals surface area contributed by atoms with Crippen molar-refractivity contribution in [2.24, 2.45) is 0 Å². The van der Waals surface area contributed by atoms with Crippen molar-refractivity contribution in [2.75, 3.05) is 20.0 Å². The highest BCUT2D eigenvalue weighted by Crippen LogP contribution is 2.47. The third kappa shape index (κ3) is 3.20. The van der Waals surface area contributed by atoms with Crippen LogP contribution >= 0.6 is 11.3 Å². The smallest absolute Gasteiger partial charge is 0.181 e. The molecular formula is C22H22N2O3S. The summed E-state index contributed by atoms with van der Waals surface area (Å²) in [6.45, 7) is 4.05. The van der Waals surface area contributed by atoms with Crippen LogP contribution < -0.4 is 19.9 Å². The molecule has 0 saturated carbocycles. The highest BCUT2D eigenvalue weighted by Gasteiger charge is 2.28. The fourth-order valence-corrected chi connectivity index (χ4v) is 4.10. The molecule has 0 saturated heterocycles. The Morgan fingerprint density at radius 2 is 1.79 bits per heavy atom. The monoisotopic (exact) mass is 394 g/mol. The largest absolute Gasteiger partial charge is 0.497 e. The minimum atomic E-state index is -0.421. The predicted molar refractivity (Wildman–Crippen MR) is 114 cm³/mol. The average molecular weight is 394 g/mol. The molecule has 28 heavy (non-hydrogen) atoms. The Morgan fingerprint density at radius 1 is 1.04 bits per heavy atom. The molecule has 4 rings (SSSR count). The van der Waals surface area contributed by atoms with E-state index < -0.39 is 5.60 Å². The number of methoxy groups -OCH3 is 2. The third-order valence-electron chi connectivity index (χ3n) is 4.64. The van der Waals surface area contributed by atoms with Gasteiger partial charge in [0, 0.05) is 5.56 Å². The second-order valence-electron chi connectivity index (χ2n) is 7.06. The molecule has 1 aliphatic rings. The van der Waals surface area contributed by atoms with E-state index >= 15 is 0 Å². The lowest BCUT2D eigenvalue weighted by Gasteiger charge is -2.30. The minimum absolute atomic E-state index is 0.421. The molecule has 0 radical (unpaired) electrons. The second kappa shape index (κ2) is 6.87. The van der Waals surface area contributed by atoms with Crippen LogP contribution in [-0.4, -0.2) is 24.8 Å². The minimum Gasteiger partial charge on any atom is -0.497 e. The fraction of sp³-hybridized carbons (Fsp3) is 0.227. The molecule has 0 aliphatic carbocycles. The van der Waals surface area contributed by atoms with E-state index in [0.29, 0.717) is 5.13 Å². The van der Waals surface area contributed by atoms with Crippen molar-refractivity contribution in [3.63, 3.8) is 0 Å². The van der Waals surface area contributed by atoms with E-state index in [-0.39, 0.29) is 0 Å². The van der Waals surface area contributed by atoms with Crippen molar-refractivity contribution in [2.45, 2.75) is 19.4 Å². The first kappa shape index (κ1) is 18.4. The predicted octanol–water partition coefficient (Wildman–Crippen LogP) is 5.26. The summed E-state index contributed by atoms with van der Waals surface area (Å²) >= 11 is 1.46. The number of fused-ring (bicyclic) bond motifs is 1. The summed E-state index contributed by atoms with van der Waals surface area (Å²) in [5.41, 5.74) is 9.31. The summed E-state index contributed by atoms with van der Waals surface area (Å²) in [6.07, 6.45) is 4.07. The van der Waals surface area contributed by atoms with Gasteiger partial charge in [-0.05, 0) is 68.0 Å². The van der Waals surface area contributed by atoms with Crippen LogP contribution in [0.15, 0.2) is 42.5 Å². The van der Waals surface area contributed by atoms with Crippen LogP contribution in [0.5, 0.6) is 17.2 Å². The Hall–Kier alpha value is -2.99. The summed E-state index contributed by atoms with van der Waals surface area (Å²) in [5, 5.41) is 0.510. The van der Waals surface area contributed by atoms with E-state index in [2.05, 4.69) is 4.98 Å². The summed E-state index contributed by atoms with van der Waals surface area (Å²) in [6, 6.07) is 11.8. The molecule has 2 heterocycles. The number of benzene rings is 2. The van der Waals surface area contributed by atoms with Gasteiger partial charge in [-0.1, -0.05) is 11.3 Å². The number of thiazole rings is 1. The first-order chi connectivity index (χ1) is 13.4. The summed E-state index contributed by atoms with van der Waals surface area (Å²) in [4.78, 5) is 5.62. The van der Waals surface area contributed by atoms with Gasteiger partial charge >= 0.3 is 0 Å². The van der Waals surface area contributed by atoms with Gasteiger partial charge in [-0.3, -0.25) is 0 Å². The van der Waals surface area contributed by atoms with E-state index in [4.69, 9.17) is 19.9 Å². The van der Waals surface area contributed by atoms with E-state index in [1.807, 2.05) is 62.4 Å². The molecule has 0 bridgehead atoms. The van der Waals surface area contributed by atoms with Gasteiger partial charge in [0.2, 0.25) is 0 Å². The molecule has 2 aromatic carbocycles. The molecule has 0 spiro atoms. The Kier molecular flexibility index (Phi) is 4.51. The Morgan fingerprint density at radius 3 is 2.46 bits per heavy atom. The zero-order valence-electron chi connectivity index (χ0n) is 16.3. The SMILES string of the molecule is COc1ccc(-c2sc(N)nc2-c2ccc(OC)c3c2OC(C)(C)C=C3)cc1. The number of nitrogens with two attached hydrogens (primary N) is 1.